The van der Waals surface area contributed by atoms with Gasteiger partial charge in [-0.25, -0.2) is 0 Å². The van der Waals surface area contributed by atoms with Crippen molar-refractivity contribution in [2.45, 2.75) is 33.1 Å². The third-order valence-electron chi connectivity index (χ3n) is 2.01. The lowest BCUT2D eigenvalue weighted by molar-refractivity contribution is 0.112. The van der Waals surface area contributed by atoms with Crippen molar-refractivity contribution in [2.24, 2.45) is 0 Å². The second-order valence-corrected chi connectivity index (χ2v) is 4.11. The molecular formula is C10H13IO2. The van der Waals surface area contributed by atoms with Gasteiger partial charge in [-0.05, 0) is 35.9 Å². The summed E-state index contributed by atoms with van der Waals surface area (Å²) in [5, 5.41) is 0. The van der Waals surface area contributed by atoms with Crippen LogP contribution in [-0.2, 0) is 6.42 Å². The molecule has 0 radical (unpaired) electrons. The molecule has 1 aromatic rings. The predicted molar refractivity (Wildman–Crippen MR) is 60.2 cm³/mol. The molecule has 0 aromatic carbocycles. The standard InChI is InChI=1S/C10H13IO2/c1-3-4-5-9-10(11)8(6-12)7(2)13-9/h6H,3-5H2,1-2H3. The Kier molecular flexibility index (Phi) is 3.96. The van der Waals surface area contributed by atoms with E-state index in [1.807, 2.05) is 6.92 Å². The SMILES string of the molecule is CCCCc1oc(C)c(C=O)c1I. The van der Waals surface area contributed by atoms with Gasteiger partial charge in [-0.3, -0.25) is 4.79 Å². The molecule has 0 aliphatic heterocycles. The van der Waals surface area contributed by atoms with Gasteiger partial charge < -0.3 is 4.42 Å². The van der Waals surface area contributed by atoms with Gasteiger partial charge in [0.15, 0.2) is 6.29 Å². The Morgan fingerprint density at radius 2 is 2.23 bits per heavy atom. The summed E-state index contributed by atoms with van der Waals surface area (Å²) in [6.45, 7) is 3.98. The van der Waals surface area contributed by atoms with Gasteiger partial charge in [0.25, 0.3) is 0 Å². The largest absolute Gasteiger partial charge is 0.464 e. The first-order valence-corrected chi connectivity index (χ1v) is 5.51. The molecule has 0 bridgehead atoms. The molecular weight excluding hydrogens is 279 g/mol. The molecule has 0 spiro atoms. The molecule has 0 aliphatic carbocycles. The van der Waals surface area contributed by atoms with E-state index in [1.54, 1.807) is 0 Å². The summed E-state index contributed by atoms with van der Waals surface area (Å²) >= 11 is 2.18. The number of aryl methyl sites for hydroxylation is 2. The maximum absolute atomic E-state index is 10.7. The highest BCUT2D eigenvalue weighted by molar-refractivity contribution is 14.1. The van der Waals surface area contributed by atoms with E-state index in [4.69, 9.17) is 4.42 Å². The molecule has 2 nitrogen and oxygen atoms in total. The Labute approximate surface area is 91.8 Å². The van der Waals surface area contributed by atoms with Crippen molar-refractivity contribution in [1.82, 2.24) is 0 Å². The van der Waals surface area contributed by atoms with Crippen LogP contribution in [0.5, 0.6) is 0 Å². The fraction of sp³-hybridized carbons (Fsp3) is 0.500. The molecule has 13 heavy (non-hydrogen) atoms. The molecule has 0 N–H and O–H groups in total. The molecule has 0 unspecified atom stereocenters. The van der Waals surface area contributed by atoms with Crippen LogP contribution in [0, 0.1) is 10.5 Å². The molecule has 0 aliphatic rings. The van der Waals surface area contributed by atoms with Crippen molar-refractivity contribution < 1.29 is 9.21 Å². The number of furan rings is 1. The zero-order chi connectivity index (χ0) is 9.84. The number of rotatable bonds is 4. The molecule has 1 heterocycles. The van der Waals surface area contributed by atoms with Crippen LogP contribution in [0.15, 0.2) is 4.42 Å². The minimum absolute atomic E-state index is 0.715. The summed E-state index contributed by atoms with van der Waals surface area (Å²) < 4.78 is 6.48. The Morgan fingerprint density at radius 3 is 2.69 bits per heavy atom. The molecule has 1 rings (SSSR count). The quantitative estimate of drug-likeness (QED) is 0.629. The molecule has 72 valence electrons. The second-order valence-electron chi connectivity index (χ2n) is 3.03. The molecule has 0 saturated heterocycles. The Balaban J connectivity index is 2.90. The van der Waals surface area contributed by atoms with E-state index in [9.17, 15) is 4.79 Å². The third kappa shape index (κ3) is 2.33. The second kappa shape index (κ2) is 4.79. The Morgan fingerprint density at radius 1 is 1.54 bits per heavy atom. The number of unbranched alkanes of at least 4 members (excludes halogenated alkanes) is 1. The maximum atomic E-state index is 10.7. The molecule has 0 fully saturated rings. The van der Waals surface area contributed by atoms with Crippen LogP contribution < -0.4 is 0 Å². The highest BCUT2D eigenvalue weighted by Gasteiger charge is 2.13. The van der Waals surface area contributed by atoms with Crippen LogP contribution in [0.3, 0.4) is 0 Å². The van der Waals surface area contributed by atoms with E-state index in [1.165, 1.54) is 0 Å². The fourth-order valence-corrected chi connectivity index (χ4v) is 2.11. The monoisotopic (exact) mass is 292 g/mol. The molecule has 0 amide bonds. The highest BCUT2D eigenvalue weighted by Crippen LogP contribution is 2.23. The minimum atomic E-state index is 0.715. The summed E-state index contributed by atoms with van der Waals surface area (Å²) in [4.78, 5) is 10.7. The normalized spacial score (nSPS) is 10.4. The Bertz CT molecular complexity index is 302. The Hall–Kier alpha value is -0.320. The first-order chi connectivity index (χ1) is 6.20. The number of carbonyl (C=O) groups excluding carboxylic acids is 1. The van der Waals surface area contributed by atoms with Crippen LogP contribution in [0.25, 0.3) is 0 Å². The van der Waals surface area contributed by atoms with Crippen LogP contribution in [0.1, 0.15) is 41.6 Å². The number of hydrogen-bond donors (Lipinski definition) is 0. The molecule has 0 saturated carbocycles. The number of carbonyl (C=O) groups is 1. The van der Waals surface area contributed by atoms with Crippen molar-refractivity contribution in [3.8, 4) is 0 Å². The first kappa shape index (κ1) is 10.8. The molecule has 0 atom stereocenters. The topological polar surface area (TPSA) is 30.2 Å². The van der Waals surface area contributed by atoms with Gasteiger partial charge in [-0.2, -0.15) is 0 Å². The summed E-state index contributed by atoms with van der Waals surface area (Å²) in [6.07, 6.45) is 4.06. The predicted octanol–water partition coefficient (Wildman–Crippen LogP) is 3.35. The van der Waals surface area contributed by atoms with E-state index in [-0.39, 0.29) is 0 Å². The molecule has 3 heteroatoms. The van der Waals surface area contributed by atoms with Crippen molar-refractivity contribution in [3.63, 3.8) is 0 Å². The summed E-state index contributed by atoms with van der Waals surface area (Å²) in [7, 11) is 0. The van der Waals surface area contributed by atoms with E-state index in [0.29, 0.717) is 5.56 Å². The number of aldehydes is 1. The third-order valence-corrected chi connectivity index (χ3v) is 3.19. The van der Waals surface area contributed by atoms with E-state index < -0.39 is 0 Å². The summed E-state index contributed by atoms with van der Waals surface area (Å²) in [5.41, 5.74) is 0.715. The summed E-state index contributed by atoms with van der Waals surface area (Å²) in [6, 6.07) is 0. The van der Waals surface area contributed by atoms with Gasteiger partial charge in [-0.1, -0.05) is 13.3 Å². The number of hydrogen-bond acceptors (Lipinski definition) is 2. The van der Waals surface area contributed by atoms with Crippen LogP contribution in [-0.4, -0.2) is 6.29 Å². The van der Waals surface area contributed by atoms with Crippen LogP contribution >= 0.6 is 22.6 Å². The van der Waals surface area contributed by atoms with Gasteiger partial charge in [0, 0.05) is 6.42 Å². The lowest BCUT2D eigenvalue weighted by Crippen LogP contribution is -1.86. The minimum Gasteiger partial charge on any atom is -0.464 e. The molecule has 1 aromatic heterocycles. The smallest absolute Gasteiger partial charge is 0.154 e. The van der Waals surface area contributed by atoms with Crippen LogP contribution in [0.4, 0.5) is 0 Å². The maximum Gasteiger partial charge on any atom is 0.154 e. The van der Waals surface area contributed by atoms with Gasteiger partial charge in [0.1, 0.15) is 11.5 Å². The van der Waals surface area contributed by atoms with Crippen molar-refractivity contribution in [2.75, 3.05) is 0 Å². The van der Waals surface area contributed by atoms with Crippen molar-refractivity contribution in [3.05, 3.63) is 20.7 Å². The van der Waals surface area contributed by atoms with Gasteiger partial charge in [0.2, 0.25) is 0 Å². The zero-order valence-electron chi connectivity index (χ0n) is 7.89. The number of halogens is 1. The van der Waals surface area contributed by atoms with Crippen LogP contribution in [0.2, 0.25) is 0 Å². The van der Waals surface area contributed by atoms with E-state index in [2.05, 4.69) is 29.5 Å². The average molecular weight is 292 g/mol. The van der Waals surface area contributed by atoms with Gasteiger partial charge in [-0.15, -0.1) is 0 Å². The lowest BCUT2D eigenvalue weighted by Gasteiger charge is -1.94. The lowest BCUT2D eigenvalue weighted by atomic mass is 10.2. The highest BCUT2D eigenvalue weighted by atomic mass is 127. The zero-order valence-corrected chi connectivity index (χ0v) is 10.1. The fourth-order valence-electron chi connectivity index (χ4n) is 1.22. The van der Waals surface area contributed by atoms with Gasteiger partial charge in [0.05, 0.1) is 9.13 Å². The average Bonchev–Trinajstić information content (AvgIpc) is 2.38. The van der Waals surface area contributed by atoms with E-state index in [0.717, 1.165) is 40.6 Å². The summed E-state index contributed by atoms with van der Waals surface area (Å²) in [5.74, 6) is 1.70. The van der Waals surface area contributed by atoms with E-state index >= 15 is 0 Å². The van der Waals surface area contributed by atoms with Crippen molar-refractivity contribution in [1.29, 1.82) is 0 Å². The van der Waals surface area contributed by atoms with Gasteiger partial charge >= 0.3 is 0 Å². The van der Waals surface area contributed by atoms with Crippen molar-refractivity contribution >= 4 is 28.9 Å². The first-order valence-electron chi connectivity index (χ1n) is 4.43.